The Kier molecular flexibility index (Phi) is 4.00. The van der Waals surface area contributed by atoms with Gasteiger partial charge in [-0.15, -0.1) is 0 Å². The van der Waals surface area contributed by atoms with Crippen molar-refractivity contribution < 1.29 is 14.1 Å². The molecule has 6 heteroatoms. The molecule has 1 saturated heterocycles. The molecule has 0 saturated carbocycles. The molecule has 0 unspecified atom stereocenters. The van der Waals surface area contributed by atoms with Crippen LogP contribution < -0.4 is 10.1 Å². The number of aryl methyl sites for hydroxylation is 1. The molecule has 2 aliphatic rings. The number of fused-ring (bicyclic) bond motifs is 1. The highest BCUT2D eigenvalue weighted by Gasteiger charge is 2.43. The van der Waals surface area contributed by atoms with Crippen LogP contribution in [-0.4, -0.2) is 41.7 Å². The monoisotopic (exact) mass is 341 g/mol. The summed E-state index contributed by atoms with van der Waals surface area (Å²) in [5, 5.41) is 6.87. The van der Waals surface area contributed by atoms with Crippen LogP contribution in [0.15, 0.2) is 35.0 Å². The SMILES string of the molecule is Cc1oncc1C(=O)N[C@H]1CC2(CCN(C)CC2)Oc2ccccc21. The summed E-state index contributed by atoms with van der Waals surface area (Å²) in [6, 6.07) is 7.92. The number of ether oxygens (including phenoxy) is 1. The van der Waals surface area contributed by atoms with Gasteiger partial charge in [0, 0.05) is 25.1 Å². The number of para-hydroxylation sites is 1. The molecule has 25 heavy (non-hydrogen) atoms. The minimum absolute atomic E-state index is 0.0739. The highest BCUT2D eigenvalue weighted by molar-refractivity contribution is 5.95. The number of rotatable bonds is 2. The Morgan fingerprint density at radius 3 is 2.80 bits per heavy atom. The number of nitrogens with one attached hydrogen (secondary N) is 1. The van der Waals surface area contributed by atoms with Gasteiger partial charge in [0.1, 0.15) is 22.7 Å². The molecule has 132 valence electrons. The number of amides is 1. The van der Waals surface area contributed by atoms with Gasteiger partial charge in [-0.05, 0) is 32.9 Å². The van der Waals surface area contributed by atoms with Crippen molar-refractivity contribution in [3.05, 3.63) is 47.3 Å². The van der Waals surface area contributed by atoms with Crippen molar-refractivity contribution in [3.63, 3.8) is 0 Å². The number of piperidine rings is 1. The van der Waals surface area contributed by atoms with E-state index >= 15 is 0 Å². The standard InChI is InChI=1S/C19H23N3O3/c1-13-15(12-20-25-13)18(23)21-16-11-19(7-9-22(2)10-8-19)24-17-6-4-3-5-14(16)17/h3-6,12,16H,7-11H2,1-2H3,(H,21,23)/t16-/m0/s1. The lowest BCUT2D eigenvalue weighted by Crippen LogP contribution is -2.51. The van der Waals surface area contributed by atoms with Crippen molar-refractivity contribution in [2.75, 3.05) is 20.1 Å². The van der Waals surface area contributed by atoms with Gasteiger partial charge in [-0.3, -0.25) is 4.79 Å². The highest BCUT2D eigenvalue weighted by atomic mass is 16.5. The number of hydrogen-bond acceptors (Lipinski definition) is 5. The maximum absolute atomic E-state index is 12.7. The van der Waals surface area contributed by atoms with Crippen LogP contribution in [0.2, 0.25) is 0 Å². The highest BCUT2D eigenvalue weighted by Crippen LogP contribution is 2.44. The van der Waals surface area contributed by atoms with E-state index in [0.717, 1.165) is 43.7 Å². The van der Waals surface area contributed by atoms with Crippen molar-refractivity contribution in [1.29, 1.82) is 0 Å². The van der Waals surface area contributed by atoms with Crippen molar-refractivity contribution in [2.24, 2.45) is 0 Å². The molecule has 6 nitrogen and oxygen atoms in total. The summed E-state index contributed by atoms with van der Waals surface area (Å²) >= 11 is 0. The first-order valence-corrected chi connectivity index (χ1v) is 8.75. The van der Waals surface area contributed by atoms with Crippen molar-refractivity contribution in [3.8, 4) is 5.75 Å². The van der Waals surface area contributed by atoms with Gasteiger partial charge in [-0.1, -0.05) is 23.4 Å². The maximum Gasteiger partial charge on any atom is 0.256 e. The number of aromatic nitrogens is 1. The van der Waals surface area contributed by atoms with Crippen LogP contribution in [0.25, 0.3) is 0 Å². The fraction of sp³-hybridized carbons (Fsp3) is 0.474. The number of carbonyl (C=O) groups excluding carboxylic acids is 1. The van der Waals surface area contributed by atoms with Crippen LogP contribution in [0.3, 0.4) is 0 Å². The van der Waals surface area contributed by atoms with Gasteiger partial charge in [-0.2, -0.15) is 0 Å². The van der Waals surface area contributed by atoms with E-state index in [1.54, 1.807) is 6.92 Å². The molecule has 4 rings (SSSR count). The average molecular weight is 341 g/mol. The van der Waals surface area contributed by atoms with Gasteiger partial charge in [0.2, 0.25) is 0 Å². The van der Waals surface area contributed by atoms with Gasteiger partial charge >= 0.3 is 0 Å². The Morgan fingerprint density at radius 2 is 2.08 bits per heavy atom. The normalized spacial score (nSPS) is 22.2. The molecule has 1 amide bonds. The third-order valence-electron chi connectivity index (χ3n) is 5.40. The fourth-order valence-corrected chi connectivity index (χ4v) is 3.83. The zero-order valence-electron chi connectivity index (χ0n) is 14.6. The molecule has 1 aromatic heterocycles. The third-order valence-corrected chi connectivity index (χ3v) is 5.40. The molecule has 1 aromatic carbocycles. The Morgan fingerprint density at radius 1 is 1.32 bits per heavy atom. The van der Waals surface area contributed by atoms with Gasteiger partial charge in [0.25, 0.3) is 5.91 Å². The maximum atomic E-state index is 12.7. The average Bonchev–Trinajstić information content (AvgIpc) is 3.04. The molecule has 0 aliphatic carbocycles. The minimum atomic E-state index is -0.206. The molecule has 1 fully saturated rings. The van der Waals surface area contributed by atoms with Crippen LogP contribution in [-0.2, 0) is 0 Å². The van der Waals surface area contributed by atoms with Crippen LogP contribution in [0.5, 0.6) is 5.75 Å². The van der Waals surface area contributed by atoms with Crippen LogP contribution in [0.4, 0.5) is 0 Å². The van der Waals surface area contributed by atoms with Gasteiger partial charge in [-0.25, -0.2) is 0 Å². The summed E-state index contributed by atoms with van der Waals surface area (Å²) in [7, 11) is 2.14. The molecule has 1 N–H and O–H groups in total. The molecule has 1 atom stereocenters. The second-order valence-electron chi connectivity index (χ2n) is 7.15. The van der Waals surface area contributed by atoms with Gasteiger partial charge in [0.05, 0.1) is 12.2 Å². The second-order valence-corrected chi connectivity index (χ2v) is 7.15. The summed E-state index contributed by atoms with van der Waals surface area (Å²) in [4.78, 5) is 15.0. The number of hydrogen-bond donors (Lipinski definition) is 1. The Balaban J connectivity index is 1.61. The van der Waals surface area contributed by atoms with Crippen molar-refractivity contribution >= 4 is 5.91 Å². The first kappa shape index (κ1) is 16.1. The predicted molar refractivity (Wildman–Crippen MR) is 92.6 cm³/mol. The minimum Gasteiger partial charge on any atom is -0.487 e. The summed E-state index contributed by atoms with van der Waals surface area (Å²) in [5.41, 5.74) is 1.32. The molecular weight excluding hydrogens is 318 g/mol. The van der Waals surface area contributed by atoms with E-state index in [2.05, 4.69) is 22.4 Å². The second kappa shape index (κ2) is 6.19. The molecule has 0 bridgehead atoms. The Hall–Kier alpha value is -2.34. The summed E-state index contributed by atoms with van der Waals surface area (Å²) in [6.45, 7) is 3.76. The number of nitrogens with zero attached hydrogens (tertiary/aromatic N) is 2. The molecule has 2 aliphatic heterocycles. The zero-order chi connectivity index (χ0) is 17.4. The molecule has 3 heterocycles. The van der Waals surface area contributed by atoms with Gasteiger partial charge < -0.3 is 19.5 Å². The van der Waals surface area contributed by atoms with E-state index in [4.69, 9.17) is 9.26 Å². The van der Waals surface area contributed by atoms with Gasteiger partial charge in [0.15, 0.2) is 0 Å². The molecule has 0 radical (unpaired) electrons. The van der Waals surface area contributed by atoms with Crippen LogP contribution >= 0.6 is 0 Å². The Labute approximate surface area is 147 Å². The van der Waals surface area contributed by atoms with E-state index in [9.17, 15) is 4.79 Å². The summed E-state index contributed by atoms with van der Waals surface area (Å²) in [5.74, 6) is 1.26. The number of likely N-dealkylation sites (tertiary alicyclic amines) is 1. The smallest absolute Gasteiger partial charge is 0.256 e. The third kappa shape index (κ3) is 3.02. The lowest BCUT2D eigenvalue weighted by atomic mass is 9.80. The van der Waals surface area contributed by atoms with Crippen molar-refractivity contribution in [2.45, 2.75) is 37.8 Å². The quantitative estimate of drug-likeness (QED) is 0.910. The van der Waals surface area contributed by atoms with E-state index in [-0.39, 0.29) is 17.6 Å². The lowest BCUT2D eigenvalue weighted by molar-refractivity contribution is -0.0195. The summed E-state index contributed by atoms with van der Waals surface area (Å²) < 4.78 is 11.5. The fourth-order valence-electron chi connectivity index (χ4n) is 3.83. The summed E-state index contributed by atoms with van der Waals surface area (Å²) in [6.07, 6.45) is 4.20. The lowest BCUT2D eigenvalue weighted by Gasteiger charge is -2.46. The van der Waals surface area contributed by atoms with E-state index < -0.39 is 0 Å². The molecule has 1 spiro atoms. The first-order chi connectivity index (χ1) is 12.1. The zero-order valence-corrected chi connectivity index (χ0v) is 14.6. The first-order valence-electron chi connectivity index (χ1n) is 8.75. The van der Waals surface area contributed by atoms with Crippen LogP contribution in [0.1, 0.15) is 47.0 Å². The van der Waals surface area contributed by atoms with E-state index in [1.807, 2.05) is 24.3 Å². The topological polar surface area (TPSA) is 67.6 Å². The van der Waals surface area contributed by atoms with E-state index in [0.29, 0.717) is 11.3 Å². The number of benzene rings is 1. The van der Waals surface area contributed by atoms with Crippen molar-refractivity contribution in [1.82, 2.24) is 15.4 Å². The molecular formula is C19H23N3O3. The number of carbonyl (C=O) groups is 1. The predicted octanol–water partition coefficient (Wildman–Crippen LogP) is 2.70. The van der Waals surface area contributed by atoms with Crippen LogP contribution in [0, 0.1) is 6.92 Å². The largest absolute Gasteiger partial charge is 0.487 e. The van der Waals surface area contributed by atoms with E-state index in [1.165, 1.54) is 6.20 Å². The Bertz CT molecular complexity index is 778. The molecule has 2 aromatic rings.